The molecule has 0 amide bonds. The van der Waals surface area contributed by atoms with Crippen molar-refractivity contribution in [3.05, 3.63) is 12.2 Å². The van der Waals surface area contributed by atoms with Crippen molar-refractivity contribution in [2.45, 2.75) is 0 Å². The molecule has 0 rings (SSSR count). The third-order valence-corrected chi connectivity index (χ3v) is 0.368. The molecule has 0 aromatic heterocycles. The first-order valence-electron chi connectivity index (χ1n) is 1.77. The SMILES string of the molecule is O.O=C(O)/C=C\C(=O)O.[PbH2]. The van der Waals surface area contributed by atoms with Gasteiger partial charge in [-0.3, -0.25) is 0 Å². The normalized spacial score (nSPS) is 7.60. The third kappa shape index (κ3) is 15.6. The Morgan fingerprint density at radius 2 is 1.20 bits per heavy atom. The predicted molar refractivity (Wildman–Crippen MR) is 36.6 cm³/mol. The Hall–Kier alpha value is -0.438. The summed E-state index contributed by atoms with van der Waals surface area (Å²) in [5.41, 5.74) is 0. The van der Waals surface area contributed by atoms with E-state index in [0.717, 1.165) is 0 Å². The predicted octanol–water partition coefficient (Wildman–Crippen LogP) is -2.03. The van der Waals surface area contributed by atoms with E-state index in [2.05, 4.69) is 0 Å². The number of hydrogen-bond acceptors (Lipinski definition) is 2. The van der Waals surface area contributed by atoms with Crippen LogP contribution in [0.15, 0.2) is 12.2 Å². The summed E-state index contributed by atoms with van der Waals surface area (Å²) in [6.07, 6.45) is 1.12. The standard InChI is InChI=1S/C4H4O4.H2O.Pb.2H/c5-3(6)1-2-4(7)8;;;;/h1-2H,(H,5,6)(H,7,8);1H2;;;/b2-1-;;;;. The Balaban J connectivity index is -0.000000245. The van der Waals surface area contributed by atoms with Gasteiger partial charge in [-0.15, -0.1) is 0 Å². The molecule has 5 nitrogen and oxygen atoms in total. The molecule has 0 spiro atoms. The summed E-state index contributed by atoms with van der Waals surface area (Å²) >= 11 is 0. The van der Waals surface area contributed by atoms with Gasteiger partial charge in [0.05, 0.1) is 0 Å². The zero-order valence-corrected chi connectivity index (χ0v) is 10.6. The number of rotatable bonds is 2. The Labute approximate surface area is 76.8 Å². The molecule has 0 unspecified atom stereocenters. The van der Waals surface area contributed by atoms with Crippen molar-refractivity contribution in [3.63, 3.8) is 0 Å². The zero-order valence-electron chi connectivity index (χ0n) is 5.07. The van der Waals surface area contributed by atoms with Crippen molar-refractivity contribution in [1.29, 1.82) is 0 Å². The summed E-state index contributed by atoms with van der Waals surface area (Å²) in [6, 6.07) is 0. The molecule has 6 heteroatoms. The second-order valence-electron chi connectivity index (χ2n) is 1.01. The van der Waals surface area contributed by atoms with Crippen LogP contribution in [0.2, 0.25) is 0 Å². The van der Waals surface area contributed by atoms with Gasteiger partial charge < -0.3 is 15.7 Å². The number of carbonyl (C=O) groups is 2. The van der Waals surface area contributed by atoms with E-state index >= 15 is 0 Å². The van der Waals surface area contributed by atoms with Crippen LogP contribution in [0.25, 0.3) is 0 Å². The van der Waals surface area contributed by atoms with Gasteiger partial charge in [-0.1, -0.05) is 0 Å². The maximum absolute atomic E-state index is 9.55. The first-order valence-corrected chi connectivity index (χ1v) is 1.77. The molecule has 0 aromatic carbocycles. The van der Waals surface area contributed by atoms with Crippen LogP contribution in [0.5, 0.6) is 0 Å². The number of carboxylic acid groups (broad SMARTS) is 2. The summed E-state index contributed by atoms with van der Waals surface area (Å²) in [5.74, 6) is -2.51. The Morgan fingerprint density at radius 3 is 1.30 bits per heavy atom. The van der Waals surface area contributed by atoms with Gasteiger partial charge in [0.25, 0.3) is 0 Å². The molecule has 0 bridgehead atoms. The van der Waals surface area contributed by atoms with Crippen LogP contribution < -0.4 is 0 Å². The van der Waals surface area contributed by atoms with Crippen molar-refractivity contribution < 1.29 is 25.3 Å². The van der Waals surface area contributed by atoms with E-state index in [9.17, 15) is 9.59 Å². The second kappa shape index (κ2) is 8.56. The fourth-order valence-electron chi connectivity index (χ4n) is 0.143. The van der Waals surface area contributed by atoms with Crippen LogP contribution in [0, 0.1) is 0 Å². The molecule has 0 atom stereocenters. The Kier molecular flexibility index (Phi) is 13.9. The molecule has 0 saturated carbocycles. The van der Waals surface area contributed by atoms with Crippen molar-refractivity contribution in [2.75, 3.05) is 0 Å². The maximum atomic E-state index is 9.55. The molecule has 2 radical (unpaired) electrons. The van der Waals surface area contributed by atoms with Gasteiger partial charge in [0.2, 0.25) is 0 Å². The average Bonchev–Trinajstić information content (AvgIpc) is 1.61. The van der Waals surface area contributed by atoms with Crippen LogP contribution in [-0.4, -0.2) is 54.9 Å². The summed E-state index contributed by atoms with van der Waals surface area (Å²) in [7, 11) is 0. The van der Waals surface area contributed by atoms with Gasteiger partial charge >= 0.3 is 39.2 Å². The Bertz CT molecular complexity index is 125. The number of hydrogen-bond donors (Lipinski definition) is 2. The van der Waals surface area contributed by atoms with Gasteiger partial charge in [0, 0.05) is 12.2 Å². The minimum atomic E-state index is -1.26. The quantitative estimate of drug-likeness (QED) is 0.445. The molecule has 4 N–H and O–H groups in total. The first-order chi connectivity index (χ1) is 3.63. The molecule has 0 fully saturated rings. The van der Waals surface area contributed by atoms with Gasteiger partial charge in [-0.05, 0) is 0 Å². The fourth-order valence-corrected chi connectivity index (χ4v) is 0.143. The third-order valence-electron chi connectivity index (χ3n) is 0.368. The van der Waals surface area contributed by atoms with Crippen molar-refractivity contribution in [2.24, 2.45) is 0 Å². The molecule has 0 aliphatic carbocycles. The number of carboxylic acids is 2. The van der Waals surface area contributed by atoms with Crippen molar-refractivity contribution in [1.82, 2.24) is 0 Å². The molecule has 10 heavy (non-hydrogen) atoms. The molecule has 0 saturated heterocycles. The van der Waals surface area contributed by atoms with Crippen LogP contribution in [-0.2, 0) is 9.59 Å². The van der Waals surface area contributed by atoms with Crippen LogP contribution in [0.3, 0.4) is 0 Å². The van der Waals surface area contributed by atoms with Gasteiger partial charge in [-0.25, -0.2) is 9.59 Å². The summed E-state index contributed by atoms with van der Waals surface area (Å²) < 4.78 is 0. The summed E-state index contributed by atoms with van der Waals surface area (Å²) in [5, 5.41) is 15.6. The molecular weight excluding hydrogens is 335 g/mol. The topological polar surface area (TPSA) is 106 Å². The summed E-state index contributed by atoms with van der Waals surface area (Å²) in [6.45, 7) is 0. The molecule has 0 heterocycles. The van der Waals surface area contributed by atoms with Crippen molar-refractivity contribution >= 4 is 39.2 Å². The van der Waals surface area contributed by atoms with Gasteiger partial charge in [0.15, 0.2) is 0 Å². The molecule has 0 aromatic rings. The van der Waals surface area contributed by atoms with Crippen LogP contribution in [0.1, 0.15) is 0 Å². The van der Waals surface area contributed by atoms with E-state index < -0.39 is 11.9 Å². The van der Waals surface area contributed by atoms with Gasteiger partial charge in [-0.2, -0.15) is 0 Å². The van der Waals surface area contributed by atoms with Gasteiger partial charge in [0.1, 0.15) is 0 Å². The van der Waals surface area contributed by atoms with E-state index in [0.29, 0.717) is 12.2 Å². The van der Waals surface area contributed by atoms with E-state index in [1.165, 1.54) is 0 Å². The average molecular weight is 343 g/mol. The molecular formula is C4H8O5Pb. The van der Waals surface area contributed by atoms with Crippen LogP contribution >= 0.6 is 0 Å². The first kappa shape index (κ1) is 16.3. The molecule has 0 aliphatic heterocycles. The van der Waals surface area contributed by atoms with E-state index in [1.54, 1.807) is 0 Å². The summed E-state index contributed by atoms with van der Waals surface area (Å²) in [4.78, 5) is 19.1. The number of aliphatic carboxylic acids is 2. The van der Waals surface area contributed by atoms with E-state index in [1.807, 2.05) is 0 Å². The monoisotopic (exact) mass is 344 g/mol. The van der Waals surface area contributed by atoms with Crippen molar-refractivity contribution in [3.8, 4) is 0 Å². The fraction of sp³-hybridized carbons (Fsp3) is 0. The van der Waals surface area contributed by atoms with Crippen LogP contribution in [0.4, 0.5) is 0 Å². The molecule has 0 aliphatic rings. The zero-order chi connectivity index (χ0) is 6.57. The second-order valence-corrected chi connectivity index (χ2v) is 1.01. The minimum absolute atomic E-state index is 0. The Morgan fingerprint density at radius 1 is 1.00 bits per heavy atom. The van der Waals surface area contributed by atoms with E-state index in [-0.39, 0.29) is 32.8 Å². The van der Waals surface area contributed by atoms with E-state index in [4.69, 9.17) is 10.2 Å². The molecule has 58 valence electrons.